The number of hydrogen-bond donors (Lipinski definition) is 1. The van der Waals surface area contributed by atoms with E-state index in [1.165, 1.54) is 13.8 Å². The molecule has 5 heteroatoms. The van der Waals surface area contributed by atoms with E-state index in [0.29, 0.717) is 0 Å². The van der Waals surface area contributed by atoms with Crippen LogP contribution < -0.4 is 0 Å². The number of carboxylic acid groups (broad SMARTS) is 1. The molecule has 0 aromatic carbocycles. The standard InChI is InChI=1S/C4H6O3.C4H8.C3H6O2/c1-3(5)7-4(2)6;1-3-4-2;1-2-3(4)5/h1-2H3;3H,1,4H2,2H3;2H2,1H3,(H,4,5). The summed E-state index contributed by atoms with van der Waals surface area (Å²) < 4.78 is 3.97. The fourth-order valence-corrected chi connectivity index (χ4v) is 0.202. The lowest BCUT2D eigenvalue weighted by Gasteiger charge is -1.87. The third kappa shape index (κ3) is 55.6. The van der Waals surface area contributed by atoms with Gasteiger partial charge in [-0.15, -0.1) is 6.58 Å². The molecule has 16 heavy (non-hydrogen) atoms. The molecule has 0 bridgehead atoms. The van der Waals surface area contributed by atoms with Crippen LogP contribution in [0.1, 0.15) is 40.5 Å². The van der Waals surface area contributed by atoms with Crippen LogP contribution in [0, 0.1) is 0 Å². The third-order valence-corrected chi connectivity index (χ3v) is 0.879. The Morgan fingerprint density at radius 2 is 1.44 bits per heavy atom. The van der Waals surface area contributed by atoms with Crippen LogP contribution in [0.3, 0.4) is 0 Å². The number of allylic oxidation sites excluding steroid dienone is 1. The molecule has 94 valence electrons. The predicted molar refractivity (Wildman–Crippen MR) is 60.9 cm³/mol. The van der Waals surface area contributed by atoms with E-state index in [2.05, 4.69) is 18.2 Å². The van der Waals surface area contributed by atoms with E-state index in [-0.39, 0.29) is 6.42 Å². The lowest BCUT2D eigenvalue weighted by Crippen LogP contribution is -2.03. The molecule has 0 amide bonds. The van der Waals surface area contributed by atoms with Gasteiger partial charge in [0.05, 0.1) is 0 Å². The minimum absolute atomic E-state index is 0.222. The molecule has 0 spiro atoms. The highest BCUT2D eigenvalue weighted by Gasteiger charge is 1.93. The first-order valence-corrected chi connectivity index (χ1v) is 4.83. The van der Waals surface area contributed by atoms with E-state index in [9.17, 15) is 14.4 Å². The fraction of sp³-hybridized carbons (Fsp3) is 0.545. The van der Waals surface area contributed by atoms with Crippen molar-refractivity contribution in [3.05, 3.63) is 12.7 Å². The van der Waals surface area contributed by atoms with E-state index >= 15 is 0 Å². The second-order valence-corrected chi connectivity index (χ2v) is 2.53. The van der Waals surface area contributed by atoms with Crippen LogP contribution in [0.25, 0.3) is 0 Å². The number of carbonyl (C=O) groups is 3. The normalized spacial score (nSPS) is 7.25. The summed E-state index contributed by atoms with van der Waals surface area (Å²) in [4.78, 5) is 29.0. The van der Waals surface area contributed by atoms with Crippen molar-refractivity contribution in [1.82, 2.24) is 0 Å². The third-order valence-electron chi connectivity index (χ3n) is 0.879. The Hall–Kier alpha value is -1.65. The Balaban J connectivity index is -0.000000166. The van der Waals surface area contributed by atoms with Gasteiger partial charge in [-0.05, 0) is 6.42 Å². The minimum Gasteiger partial charge on any atom is -0.481 e. The molecule has 1 N–H and O–H groups in total. The van der Waals surface area contributed by atoms with Gasteiger partial charge in [0.2, 0.25) is 0 Å². The van der Waals surface area contributed by atoms with Gasteiger partial charge < -0.3 is 9.84 Å². The molecule has 0 aliphatic heterocycles. The van der Waals surface area contributed by atoms with Gasteiger partial charge in [-0.25, -0.2) is 0 Å². The number of carboxylic acids is 1. The highest BCUT2D eigenvalue weighted by Crippen LogP contribution is 1.73. The molecule has 0 rings (SSSR count). The highest BCUT2D eigenvalue weighted by molar-refractivity contribution is 5.82. The van der Waals surface area contributed by atoms with E-state index < -0.39 is 17.9 Å². The SMILES string of the molecule is C=CCC.CC(=O)OC(C)=O.CCC(=O)O. The fourth-order valence-electron chi connectivity index (χ4n) is 0.202. The predicted octanol–water partition coefficient (Wildman–Crippen LogP) is 2.16. The number of rotatable bonds is 2. The first kappa shape index (κ1) is 19.9. The summed E-state index contributed by atoms with van der Waals surface area (Å²) in [5.41, 5.74) is 0. The molecule has 0 aliphatic carbocycles. The molecule has 0 radical (unpaired) electrons. The Bertz CT molecular complexity index is 208. The molecule has 0 fully saturated rings. The van der Waals surface area contributed by atoms with Crippen molar-refractivity contribution < 1.29 is 24.2 Å². The summed E-state index contributed by atoms with van der Waals surface area (Å²) in [6.07, 6.45) is 3.18. The lowest BCUT2D eigenvalue weighted by atomic mass is 10.5. The molecule has 0 aromatic heterocycles. The van der Waals surface area contributed by atoms with E-state index in [1.807, 2.05) is 6.08 Å². The molecule has 0 aliphatic rings. The van der Waals surface area contributed by atoms with E-state index in [4.69, 9.17) is 5.11 Å². The molecule has 0 unspecified atom stereocenters. The van der Waals surface area contributed by atoms with Crippen LogP contribution in [0.4, 0.5) is 0 Å². The molecule has 0 saturated carbocycles. The maximum atomic E-state index is 9.81. The van der Waals surface area contributed by atoms with Crippen molar-refractivity contribution in [2.24, 2.45) is 0 Å². The summed E-state index contributed by atoms with van der Waals surface area (Å²) >= 11 is 0. The largest absolute Gasteiger partial charge is 0.481 e. The van der Waals surface area contributed by atoms with Crippen molar-refractivity contribution in [2.75, 3.05) is 0 Å². The number of aliphatic carboxylic acids is 1. The van der Waals surface area contributed by atoms with Crippen LogP contribution in [-0.4, -0.2) is 23.0 Å². The van der Waals surface area contributed by atoms with Crippen molar-refractivity contribution in [3.8, 4) is 0 Å². The van der Waals surface area contributed by atoms with Crippen LogP contribution in [0.2, 0.25) is 0 Å². The molecule has 0 aromatic rings. The summed E-state index contributed by atoms with van der Waals surface area (Å²) in [5, 5.41) is 7.72. The van der Waals surface area contributed by atoms with E-state index in [0.717, 1.165) is 6.42 Å². The zero-order valence-electron chi connectivity index (χ0n) is 10.3. The van der Waals surface area contributed by atoms with Crippen molar-refractivity contribution >= 4 is 17.9 Å². The quantitative estimate of drug-likeness (QED) is 0.448. The van der Waals surface area contributed by atoms with Gasteiger partial charge in [-0.3, -0.25) is 14.4 Å². The molecular weight excluding hydrogens is 212 g/mol. The lowest BCUT2D eigenvalue weighted by molar-refractivity contribution is -0.156. The van der Waals surface area contributed by atoms with Crippen molar-refractivity contribution in [3.63, 3.8) is 0 Å². The monoisotopic (exact) mass is 232 g/mol. The highest BCUT2D eigenvalue weighted by atomic mass is 16.6. The van der Waals surface area contributed by atoms with Gasteiger partial charge in [-0.2, -0.15) is 0 Å². The van der Waals surface area contributed by atoms with Crippen LogP contribution in [0.5, 0.6) is 0 Å². The van der Waals surface area contributed by atoms with Crippen molar-refractivity contribution in [2.45, 2.75) is 40.5 Å². The molecule has 0 heterocycles. The van der Waals surface area contributed by atoms with E-state index in [1.54, 1.807) is 6.92 Å². The van der Waals surface area contributed by atoms with Crippen molar-refractivity contribution in [1.29, 1.82) is 0 Å². The van der Waals surface area contributed by atoms with Gasteiger partial charge in [0.15, 0.2) is 0 Å². The van der Waals surface area contributed by atoms with Crippen LogP contribution in [0.15, 0.2) is 12.7 Å². The van der Waals surface area contributed by atoms with Gasteiger partial charge in [0.25, 0.3) is 0 Å². The number of esters is 2. The smallest absolute Gasteiger partial charge is 0.310 e. The molecular formula is C11H20O5. The number of hydrogen-bond acceptors (Lipinski definition) is 4. The topological polar surface area (TPSA) is 80.7 Å². The van der Waals surface area contributed by atoms with Gasteiger partial charge in [0.1, 0.15) is 0 Å². The van der Waals surface area contributed by atoms with Gasteiger partial charge in [-0.1, -0.05) is 19.9 Å². The maximum absolute atomic E-state index is 9.81. The Labute approximate surface area is 96.1 Å². The first-order chi connectivity index (χ1) is 7.31. The van der Waals surface area contributed by atoms with Crippen LogP contribution in [-0.2, 0) is 19.1 Å². The Morgan fingerprint density at radius 1 is 1.19 bits per heavy atom. The summed E-state index contributed by atoms with van der Waals surface area (Å²) in [6.45, 7) is 9.51. The number of carbonyl (C=O) groups excluding carboxylic acids is 2. The van der Waals surface area contributed by atoms with Gasteiger partial charge >= 0.3 is 17.9 Å². The van der Waals surface area contributed by atoms with Gasteiger partial charge in [0, 0.05) is 20.3 Å². The second-order valence-electron chi connectivity index (χ2n) is 2.53. The average molecular weight is 232 g/mol. The number of ether oxygens (including phenoxy) is 1. The summed E-state index contributed by atoms with van der Waals surface area (Å²) in [5.74, 6) is -1.87. The summed E-state index contributed by atoms with van der Waals surface area (Å²) in [6, 6.07) is 0. The zero-order chi connectivity index (χ0) is 13.6. The average Bonchev–Trinajstić information content (AvgIpc) is 2.17. The molecule has 0 saturated heterocycles. The zero-order valence-corrected chi connectivity index (χ0v) is 10.3. The molecule has 0 atom stereocenters. The first-order valence-electron chi connectivity index (χ1n) is 4.83. The minimum atomic E-state index is -0.745. The maximum Gasteiger partial charge on any atom is 0.310 e. The second kappa shape index (κ2) is 15.8. The Kier molecular flexibility index (Phi) is 19.6. The van der Waals surface area contributed by atoms with Crippen LogP contribution >= 0.6 is 0 Å². The summed E-state index contributed by atoms with van der Waals surface area (Å²) in [7, 11) is 0. The molecule has 5 nitrogen and oxygen atoms in total. The Morgan fingerprint density at radius 3 is 1.44 bits per heavy atom.